The maximum absolute atomic E-state index is 10.6. The van der Waals surface area contributed by atoms with Gasteiger partial charge in [-0.15, -0.1) is 4.89 Å². The van der Waals surface area contributed by atoms with E-state index in [1.807, 2.05) is 26.0 Å². The highest BCUT2D eigenvalue weighted by Gasteiger charge is 2.27. The molecule has 0 saturated carbocycles. The predicted molar refractivity (Wildman–Crippen MR) is 70.8 cm³/mol. The van der Waals surface area contributed by atoms with Crippen molar-refractivity contribution in [3.05, 3.63) is 28.8 Å². The second-order valence-corrected chi connectivity index (χ2v) is 5.72. The first kappa shape index (κ1) is 15.1. The van der Waals surface area contributed by atoms with Crippen LogP contribution in [0.3, 0.4) is 0 Å². The molecule has 5 heteroatoms. The van der Waals surface area contributed by atoms with Gasteiger partial charge in [0.25, 0.3) is 0 Å². The van der Waals surface area contributed by atoms with Crippen molar-refractivity contribution in [1.82, 2.24) is 0 Å². The molecule has 0 saturated heterocycles. The van der Waals surface area contributed by atoms with Crippen LogP contribution in [0, 0.1) is 13.8 Å². The minimum atomic E-state index is -2.77. The van der Waals surface area contributed by atoms with E-state index in [1.54, 1.807) is 0 Å². The second-order valence-electron chi connectivity index (χ2n) is 5.09. The van der Waals surface area contributed by atoms with Crippen LogP contribution in [0.15, 0.2) is 12.1 Å². The van der Waals surface area contributed by atoms with Crippen LogP contribution in [-0.2, 0) is 14.7 Å². The third kappa shape index (κ3) is 3.52. The van der Waals surface area contributed by atoms with E-state index in [0.29, 0.717) is 5.75 Å². The highest BCUT2D eigenvalue weighted by molar-refractivity contribution is 7.31. The summed E-state index contributed by atoms with van der Waals surface area (Å²) in [7, 11) is -2.77. The summed E-state index contributed by atoms with van der Waals surface area (Å²) in [6.45, 7) is 10.2. The zero-order chi connectivity index (χ0) is 13.9. The average Bonchev–Trinajstić information content (AvgIpc) is 2.26. The van der Waals surface area contributed by atoms with E-state index in [-0.39, 0.29) is 5.41 Å². The summed E-state index contributed by atoms with van der Waals surface area (Å²) < 4.78 is 15.0. The van der Waals surface area contributed by atoms with Gasteiger partial charge in [-0.2, -0.15) is 0 Å². The van der Waals surface area contributed by atoms with Gasteiger partial charge in [-0.1, -0.05) is 38.5 Å². The quantitative estimate of drug-likeness (QED) is 0.500. The van der Waals surface area contributed by atoms with Gasteiger partial charge in [0, 0.05) is 10.1 Å². The first-order valence-corrected chi connectivity index (χ1v) is 7.03. The minimum Gasteiger partial charge on any atom is -0.290 e. The zero-order valence-electron chi connectivity index (χ0n) is 11.5. The van der Waals surface area contributed by atoms with E-state index in [4.69, 9.17) is 9.78 Å². The Hall–Kier alpha value is -0.960. The maximum atomic E-state index is 10.6. The van der Waals surface area contributed by atoms with Crippen molar-refractivity contribution in [3.8, 4) is 5.75 Å². The molecule has 0 heterocycles. The zero-order valence-corrected chi connectivity index (χ0v) is 12.4. The molecule has 0 fully saturated rings. The molecule has 0 radical (unpaired) electrons. The topological polar surface area (TPSA) is 55.8 Å². The molecule has 0 aliphatic carbocycles. The van der Waals surface area contributed by atoms with Crippen LogP contribution in [0.5, 0.6) is 5.75 Å². The summed E-state index contributed by atoms with van der Waals surface area (Å²) in [5.74, 6) is 0.532. The van der Waals surface area contributed by atoms with Crippen molar-refractivity contribution in [1.29, 1.82) is 0 Å². The molecule has 1 atom stereocenters. The molecule has 0 bridgehead atoms. The van der Waals surface area contributed by atoms with Gasteiger partial charge in [0.05, 0.1) is 0 Å². The third-order valence-electron chi connectivity index (χ3n) is 3.22. The van der Waals surface area contributed by atoms with E-state index in [2.05, 4.69) is 25.4 Å². The fourth-order valence-electron chi connectivity index (χ4n) is 1.83. The van der Waals surface area contributed by atoms with Gasteiger partial charge < -0.3 is 0 Å². The molecule has 4 nitrogen and oxygen atoms in total. The van der Waals surface area contributed by atoms with Crippen molar-refractivity contribution < 1.29 is 19.0 Å². The Balaban J connectivity index is 3.25. The van der Waals surface area contributed by atoms with Crippen LogP contribution in [-0.4, -0.2) is 4.89 Å². The monoisotopic (exact) mass is 271 g/mol. The van der Waals surface area contributed by atoms with Gasteiger partial charge in [0.2, 0.25) is 0 Å². The van der Waals surface area contributed by atoms with Crippen LogP contribution in [0.4, 0.5) is 0 Å². The van der Waals surface area contributed by atoms with Gasteiger partial charge in [0.15, 0.2) is 5.75 Å². The van der Waals surface area contributed by atoms with Crippen LogP contribution < -0.4 is 4.89 Å². The molecule has 1 unspecified atom stereocenters. The Bertz CT molecular complexity index is 455. The molecule has 1 aromatic carbocycles. The number of aryl methyl sites for hydroxylation is 2. The Morgan fingerprint density at radius 3 is 2.44 bits per heavy atom. The lowest BCUT2D eigenvalue weighted by Crippen LogP contribution is -2.18. The Morgan fingerprint density at radius 2 is 1.94 bits per heavy atom. The molecule has 0 amide bonds. The minimum absolute atomic E-state index is 0.0867. The van der Waals surface area contributed by atoms with Gasteiger partial charge in [-0.3, -0.25) is 4.89 Å². The Labute approximate surface area is 109 Å². The summed E-state index contributed by atoms with van der Waals surface area (Å²) >= 11 is 0. The summed E-state index contributed by atoms with van der Waals surface area (Å²) in [4.78, 5) is 13.7. The summed E-state index contributed by atoms with van der Waals surface area (Å²) in [5, 5.41) is 0. The number of hydrogen-bond acceptors (Lipinski definition) is 3. The van der Waals surface area contributed by atoms with Gasteiger partial charge in [-0.05, 0) is 31.2 Å². The fourth-order valence-corrected chi connectivity index (χ4v) is 1.97. The van der Waals surface area contributed by atoms with E-state index in [1.165, 1.54) is 0 Å². The molecular formula is C13H20O4P+. The third-order valence-corrected chi connectivity index (χ3v) is 3.42. The smallest absolute Gasteiger partial charge is 0.290 e. The normalized spacial score (nSPS) is 12.4. The highest BCUT2D eigenvalue weighted by Crippen LogP contribution is 2.38. The lowest BCUT2D eigenvalue weighted by atomic mass is 9.80. The summed E-state index contributed by atoms with van der Waals surface area (Å²) in [5.41, 5.74) is 2.92. The lowest BCUT2D eigenvalue weighted by Gasteiger charge is -2.26. The second kappa shape index (κ2) is 5.79. The van der Waals surface area contributed by atoms with Crippen molar-refractivity contribution in [2.75, 3.05) is 0 Å². The highest BCUT2D eigenvalue weighted by atomic mass is 31.1. The van der Waals surface area contributed by atoms with Crippen molar-refractivity contribution in [3.63, 3.8) is 0 Å². The van der Waals surface area contributed by atoms with Gasteiger partial charge in [0.1, 0.15) is 4.67 Å². The van der Waals surface area contributed by atoms with Crippen molar-refractivity contribution in [2.45, 2.75) is 46.5 Å². The first-order chi connectivity index (χ1) is 8.27. The lowest BCUT2D eigenvalue weighted by molar-refractivity contribution is -0.103. The van der Waals surface area contributed by atoms with E-state index in [9.17, 15) is 4.57 Å². The van der Waals surface area contributed by atoms with Crippen LogP contribution in [0.25, 0.3) is 0 Å². The summed E-state index contributed by atoms with van der Waals surface area (Å²) in [6.07, 6.45) is 0.928. The molecule has 0 aliphatic rings. The number of benzene rings is 1. The van der Waals surface area contributed by atoms with Crippen LogP contribution in [0.1, 0.15) is 43.9 Å². The van der Waals surface area contributed by atoms with Crippen LogP contribution in [0.2, 0.25) is 0 Å². The Kier molecular flexibility index (Phi) is 4.85. The van der Waals surface area contributed by atoms with Gasteiger partial charge in [-0.25, -0.2) is 0 Å². The predicted octanol–water partition coefficient (Wildman–Crippen LogP) is 3.95. The van der Waals surface area contributed by atoms with Crippen molar-refractivity contribution in [2.24, 2.45) is 0 Å². The Morgan fingerprint density at radius 1 is 1.33 bits per heavy atom. The summed E-state index contributed by atoms with van der Waals surface area (Å²) in [6, 6.07) is 3.98. The largest absolute Gasteiger partial charge is 0.735 e. The molecule has 0 aromatic heterocycles. The van der Waals surface area contributed by atoms with Crippen LogP contribution >= 0.6 is 8.25 Å². The van der Waals surface area contributed by atoms with E-state index < -0.39 is 8.25 Å². The average molecular weight is 271 g/mol. The number of hydrogen-bond donors (Lipinski definition) is 1. The SMILES string of the molecule is CCC(C)(C)c1cc(C)cc(C)c1OO[P+](=O)O. The molecule has 1 rings (SSSR count). The standard InChI is InChI=1S/C13H19O4P/c1-6-13(4,5)11-8-9(2)7-10(3)12(11)16-17-18(14)15/h7-8H,6H2,1-5H3/p+1. The molecule has 1 N–H and O–H groups in total. The number of rotatable bonds is 5. The fraction of sp³-hybridized carbons (Fsp3) is 0.538. The molecular weight excluding hydrogens is 251 g/mol. The molecule has 1 aromatic rings. The van der Waals surface area contributed by atoms with E-state index >= 15 is 0 Å². The molecule has 0 spiro atoms. The van der Waals surface area contributed by atoms with Gasteiger partial charge >= 0.3 is 8.25 Å². The molecule has 0 aliphatic heterocycles. The molecule has 100 valence electrons. The first-order valence-electron chi connectivity index (χ1n) is 5.90. The maximum Gasteiger partial charge on any atom is 0.735 e. The molecule has 18 heavy (non-hydrogen) atoms. The van der Waals surface area contributed by atoms with E-state index in [0.717, 1.165) is 23.1 Å². The van der Waals surface area contributed by atoms with Crippen molar-refractivity contribution >= 4 is 8.25 Å².